The Hall–Kier alpha value is -0.0900. The summed E-state index contributed by atoms with van der Waals surface area (Å²) in [6.45, 7) is 4.20. The van der Waals surface area contributed by atoms with Crippen LogP contribution in [0.15, 0.2) is 11.1 Å². The molecule has 0 spiro atoms. The van der Waals surface area contributed by atoms with Gasteiger partial charge in [0.2, 0.25) is 5.91 Å². The van der Waals surface area contributed by atoms with Gasteiger partial charge in [-0.05, 0) is 19.3 Å². The Kier molecular flexibility index (Phi) is 4.18. The van der Waals surface area contributed by atoms with Crippen molar-refractivity contribution in [3.05, 3.63) is 11.1 Å². The van der Waals surface area contributed by atoms with E-state index in [1.54, 1.807) is 7.05 Å². The molecule has 2 nitrogen and oxygen atoms in total. The van der Waals surface area contributed by atoms with Crippen molar-refractivity contribution >= 4 is 31.2 Å². The second kappa shape index (κ2) is 4.83. The first-order valence-electron chi connectivity index (χ1n) is 5.22. The summed E-state index contributed by atoms with van der Waals surface area (Å²) in [5.41, 5.74) is 2.04. The summed E-state index contributed by atoms with van der Waals surface area (Å²) < 4.78 is -0.0368. The number of hydrogen-bond donors (Lipinski definition) is 3. The standard InChI is InChI=1S/C11H19NOS2/c1-11(2,10(14)15)8-6-4-5-7(8)9(13)12-3/h10,14-15H,4-6H2,1-3H3,(H,12,13). The zero-order valence-corrected chi connectivity index (χ0v) is 11.3. The molecule has 0 atom stereocenters. The second-order valence-corrected chi connectivity index (χ2v) is 5.93. The lowest BCUT2D eigenvalue weighted by atomic mass is 9.83. The molecule has 1 N–H and O–H groups in total. The monoisotopic (exact) mass is 245 g/mol. The van der Waals surface area contributed by atoms with Gasteiger partial charge in [-0.15, -0.1) is 0 Å². The predicted octanol–water partition coefficient (Wildman–Crippen LogP) is 2.42. The largest absolute Gasteiger partial charge is 0.355 e. The smallest absolute Gasteiger partial charge is 0.246 e. The van der Waals surface area contributed by atoms with Gasteiger partial charge < -0.3 is 5.32 Å². The van der Waals surface area contributed by atoms with Crippen molar-refractivity contribution < 1.29 is 4.79 Å². The lowest BCUT2D eigenvalue weighted by molar-refractivity contribution is -0.117. The minimum Gasteiger partial charge on any atom is -0.355 e. The van der Waals surface area contributed by atoms with Crippen LogP contribution in [0.25, 0.3) is 0 Å². The van der Waals surface area contributed by atoms with Crippen LogP contribution in [0.3, 0.4) is 0 Å². The summed E-state index contributed by atoms with van der Waals surface area (Å²) in [5, 5.41) is 2.70. The van der Waals surface area contributed by atoms with Gasteiger partial charge in [-0.1, -0.05) is 19.4 Å². The van der Waals surface area contributed by atoms with Crippen molar-refractivity contribution in [3.63, 3.8) is 0 Å². The van der Waals surface area contributed by atoms with Crippen molar-refractivity contribution in [1.82, 2.24) is 5.32 Å². The van der Waals surface area contributed by atoms with E-state index < -0.39 is 0 Å². The SMILES string of the molecule is CNC(=O)C1=C(C(C)(C)C(S)S)CCC1. The van der Waals surface area contributed by atoms with Gasteiger partial charge in [-0.3, -0.25) is 4.79 Å². The second-order valence-electron chi connectivity index (χ2n) is 4.49. The number of amides is 1. The fraction of sp³-hybridized carbons (Fsp3) is 0.727. The van der Waals surface area contributed by atoms with Crippen LogP contribution in [0, 0.1) is 5.41 Å². The summed E-state index contributed by atoms with van der Waals surface area (Å²) in [6.07, 6.45) is 2.94. The van der Waals surface area contributed by atoms with E-state index >= 15 is 0 Å². The predicted molar refractivity (Wildman–Crippen MR) is 70.5 cm³/mol. The first kappa shape index (κ1) is 13.0. The molecule has 4 heteroatoms. The number of carbonyl (C=O) groups is 1. The molecule has 1 aliphatic carbocycles. The molecule has 0 aromatic rings. The third kappa shape index (κ3) is 2.53. The van der Waals surface area contributed by atoms with Crippen molar-refractivity contribution in [2.24, 2.45) is 5.41 Å². The van der Waals surface area contributed by atoms with Crippen LogP contribution in [0.2, 0.25) is 0 Å². The summed E-state index contributed by atoms with van der Waals surface area (Å²) in [5.74, 6) is 0.0536. The molecule has 1 amide bonds. The van der Waals surface area contributed by atoms with Crippen LogP contribution in [0.1, 0.15) is 33.1 Å². The molecule has 0 aromatic carbocycles. The summed E-state index contributed by atoms with van der Waals surface area (Å²) in [7, 11) is 1.68. The maximum atomic E-state index is 11.7. The number of hydrogen-bond acceptors (Lipinski definition) is 3. The molecule has 0 unspecified atom stereocenters. The van der Waals surface area contributed by atoms with Crippen LogP contribution in [-0.2, 0) is 4.79 Å². The van der Waals surface area contributed by atoms with E-state index in [9.17, 15) is 4.79 Å². The molecular formula is C11H19NOS2. The number of carbonyl (C=O) groups excluding carboxylic acids is 1. The molecule has 0 bridgehead atoms. The Balaban J connectivity index is 3.05. The highest BCUT2D eigenvalue weighted by molar-refractivity contribution is 7.99. The van der Waals surface area contributed by atoms with E-state index in [4.69, 9.17) is 0 Å². The van der Waals surface area contributed by atoms with Crippen molar-refractivity contribution in [3.8, 4) is 0 Å². The molecule has 0 aromatic heterocycles. The van der Waals surface area contributed by atoms with E-state index in [1.807, 2.05) is 0 Å². The van der Waals surface area contributed by atoms with Crippen molar-refractivity contribution in [2.45, 2.75) is 37.7 Å². The van der Waals surface area contributed by atoms with E-state index in [0.29, 0.717) is 0 Å². The van der Waals surface area contributed by atoms with Crippen LogP contribution in [0.4, 0.5) is 0 Å². The van der Waals surface area contributed by atoms with Gasteiger partial charge in [0.25, 0.3) is 0 Å². The average Bonchev–Trinajstić information content (AvgIpc) is 2.65. The van der Waals surface area contributed by atoms with Crippen LogP contribution in [0.5, 0.6) is 0 Å². The third-order valence-corrected chi connectivity index (χ3v) is 4.43. The highest BCUT2D eigenvalue weighted by Crippen LogP contribution is 2.44. The van der Waals surface area contributed by atoms with Crippen LogP contribution >= 0.6 is 25.3 Å². The van der Waals surface area contributed by atoms with Gasteiger partial charge >= 0.3 is 0 Å². The van der Waals surface area contributed by atoms with Gasteiger partial charge in [0, 0.05) is 18.0 Å². The van der Waals surface area contributed by atoms with E-state index in [-0.39, 0.29) is 15.9 Å². The van der Waals surface area contributed by atoms with E-state index in [0.717, 1.165) is 24.8 Å². The Morgan fingerprint density at radius 2 is 2.00 bits per heavy atom. The third-order valence-electron chi connectivity index (χ3n) is 3.14. The van der Waals surface area contributed by atoms with Gasteiger partial charge in [-0.25, -0.2) is 0 Å². The molecule has 1 rings (SSSR count). The van der Waals surface area contributed by atoms with E-state index in [2.05, 4.69) is 44.4 Å². The highest BCUT2D eigenvalue weighted by atomic mass is 32.2. The number of thiol groups is 2. The minimum absolute atomic E-state index is 0.0368. The zero-order chi connectivity index (χ0) is 11.6. The molecule has 0 saturated heterocycles. The molecule has 1 aliphatic rings. The molecule has 0 fully saturated rings. The Morgan fingerprint density at radius 1 is 1.40 bits per heavy atom. The number of likely N-dealkylation sites (N-methyl/N-ethyl adjacent to an activating group) is 1. The molecule has 0 heterocycles. The van der Waals surface area contributed by atoms with Crippen molar-refractivity contribution in [2.75, 3.05) is 7.05 Å². The number of rotatable bonds is 3. The maximum Gasteiger partial charge on any atom is 0.246 e. The Morgan fingerprint density at radius 3 is 2.47 bits per heavy atom. The fourth-order valence-corrected chi connectivity index (χ4v) is 2.32. The van der Waals surface area contributed by atoms with Gasteiger partial charge in [0.15, 0.2) is 0 Å². The molecule has 0 radical (unpaired) electrons. The zero-order valence-electron chi connectivity index (χ0n) is 9.50. The van der Waals surface area contributed by atoms with E-state index in [1.165, 1.54) is 5.57 Å². The molecule has 15 heavy (non-hydrogen) atoms. The summed E-state index contributed by atoms with van der Waals surface area (Å²) in [6, 6.07) is 0. The average molecular weight is 245 g/mol. The molecule has 0 saturated carbocycles. The lowest BCUT2D eigenvalue weighted by Gasteiger charge is -2.30. The van der Waals surface area contributed by atoms with Crippen LogP contribution < -0.4 is 5.32 Å². The molecule has 86 valence electrons. The minimum atomic E-state index is -0.120. The number of nitrogens with one attached hydrogen (secondary N) is 1. The van der Waals surface area contributed by atoms with Gasteiger partial charge in [0.1, 0.15) is 0 Å². The Bertz CT molecular complexity index is 295. The fourth-order valence-electron chi connectivity index (χ4n) is 2.01. The summed E-state index contributed by atoms with van der Waals surface area (Å²) >= 11 is 8.78. The maximum absolute atomic E-state index is 11.7. The number of allylic oxidation sites excluding steroid dienone is 1. The molecule has 0 aliphatic heterocycles. The lowest BCUT2D eigenvalue weighted by Crippen LogP contribution is -2.27. The normalized spacial score (nSPS) is 17.5. The quantitative estimate of drug-likeness (QED) is 0.517. The van der Waals surface area contributed by atoms with Gasteiger partial charge in [0.05, 0.1) is 4.58 Å². The topological polar surface area (TPSA) is 29.1 Å². The Labute approximate surface area is 103 Å². The highest BCUT2D eigenvalue weighted by Gasteiger charge is 2.34. The first-order chi connectivity index (χ1) is 6.91. The van der Waals surface area contributed by atoms with Gasteiger partial charge in [-0.2, -0.15) is 25.3 Å². The molecular weight excluding hydrogens is 226 g/mol. The first-order valence-corrected chi connectivity index (χ1v) is 6.25. The summed E-state index contributed by atoms with van der Waals surface area (Å²) in [4.78, 5) is 11.7. The van der Waals surface area contributed by atoms with Crippen LogP contribution in [-0.4, -0.2) is 17.5 Å². The van der Waals surface area contributed by atoms with Crippen molar-refractivity contribution in [1.29, 1.82) is 0 Å².